The van der Waals surface area contributed by atoms with Crippen LogP contribution >= 0.6 is 22.9 Å². The van der Waals surface area contributed by atoms with Gasteiger partial charge in [0.25, 0.3) is 5.56 Å². The van der Waals surface area contributed by atoms with Gasteiger partial charge in [-0.05, 0) is 55.8 Å². The largest absolute Gasteiger partial charge is 0.506 e. The summed E-state index contributed by atoms with van der Waals surface area (Å²) in [6, 6.07) is 14.1. The number of amides is 1. The van der Waals surface area contributed by atoms with Crippen molar-refractivity contribution in [3.8, 4) is 16.9 Å². The fourth-order valence-electron chi connectivity index (χ4n) is 4.29. The highest BCUT2D eigenvalue weighted by atomic mass is 35.5. The maximum Gasteiger partial charge on any atom is 0.260 e. The molecule has 0 atom stereocenters. The van der Waals surface area contributed by atoms with Crippen molar-refractivity contribution in [1.82, 2.24) is 14.9 Å². The number of anilines is 1. The zero-order valence-corrected chi connectivity index (χ0v) is 19.8. The Morgan fingerprint density at radius 1 is 1.18 bits per heavy atom. The Bertz CT molecular complexity index is 1390. The van der Waals surface area contributed by atoms with Gasteiger partial charge in [0.15, 0.2) is 0 Å². The van der Waals surface area contributed by atoms with Gasteiger partial charge in [-0.3, -0.25) is 14.5 Å². The topological polar surface area (TPSA) is 98.3 Å². The molecule has 0 spiro atoms. The molecule has 1 amide bonds. The molecule has 2 aromatic heterocycles. The number of aromatic nitrogens is 2. The molecule has 3 heterocycles. The minimum atomic E-state index is -0.150. The van der Waals surface area contributed by atoms with Crippen LogP contribution < -0.4 is 10.9 Å². The predicted octanol–water partition coefficient (Wildman–Crippen LogP) is 4.86. The Kier molecular flexibility index (Phi) is 6.36. The van der Waals surface area contributed by atoms with Gasteiger partial charge < -0.3 is 15.4 Å². The number of aromatic hydroxyl groups is 1. The third-order valence-electron chi connectivity index (χ3n) is 6.14. The quantitative estimate of drug-likeness (QED) is 0.344. The van der Waals surface area contributed by atoms with E-state index in [2.05, 4.69) is 15.2 Å². The minimum Gasteiger partial charge on any atom is -0.506 e. The predicted molar refractivity (Wildman–Crippen MR) is 135 cm³/mol. The molecule has 0 bridgehead atoms. The summed E-state index contributed by atoms with van der Waals surface area (Å²) in [6.07, 6.45) is 1.40. The number of hydrogen-bond donors (Lipinski definition) is 3. The second-order valence-electron chi connectivity index (χ2n) is 8.41. The molecular formula is C25H23ClN4O3S. The molecule has 7 nitrogen and oxygen atoms in total. The summed E-state index contributed by atoms with van der Waals surface area (Å²) in [5.41, 5.74) is 2.06. The first-order valence-electron chi connectivity index (χ1n) is 11.1. The highest BCUT2D eigenvalue weighted by molar-refractivity contribution is 7.17. The van der Waals surface area contributed by atoms with E-state index in [-0.39, 0.29) is 23.1 Å². The summed E-state index contributed by atoms with van der Waals surface area (Å²) in [4.78, 5) is 36.1. The van der Waals surface area contributed by atoms with Crippen molar-refractivity contribution in [2.75, 3.05) is 18.4 Å². The number of aromatic amines is 1. The van der Waals surface area contributed by atoms with Gasteiger partial charge >= 0.3 is 0 Å². The fourth-order valence-corrected chi connectivity index (χ4v) is 5.38. The van der Waals surface area contributed by atoms with E-state index in [0.29, 0.717) is 46.1 Å². The first kappa shape index (κ1) is 22.6. The zero-order chi connectivity index (χ0) is 23.7. The monoisotopic (exact) mass is 494 g/mol. The van der Waals surface area contributed by atoms with E-state index in [1.807, 2.05) is 29.6 Å². The molecule has 1 aliphatic heterocycles. The van der Waals surface area contributed by atoms with E-state index in [4.69, 9.17) is 16.6 Å². The van der Waals surface area contributed by atoms with Gasteiger partial charge in [0, 0.05) is 21.9 Å². The van der Waals surface area contributed by atoms with Crippen molar-refractivity contribution in [3.63, 3.8) is 0 Å². The number of fused-ring (bicyclic) bond motifs is 1. The van der Waals surface area contributed by atoms with Crippen LogP contribution in [0.5, 0.6) is 5.75 Å². The molecule has 0 radical (unpaired) electrons. The number of rotatable bonds is 5. The summed E-state index contributed by atoms with van der Waals surface area (Å²) >= 11 is 7.44. The number of nitrogens with one attached hydrogen (secondary N) is 2. The van der Waals surface area contributed by atoms with Gasteiger partial charge in [0.1, 0.15) is 16.4 Å². The van der Waals surface area contributed by atoms with Crippen LogP contribution in [0.2, 0.25) is 5.02 Å². The Morgan fingerprint density at radius 3 is 2.65 bits per heavy atom. The number of hydrogen-bond acceptors (Lipinski definition) is 6. The normalized spacial score (nSPS) is 15.0. The lowest BCUT2D eigenvalue weighted by molar-refractivity contribution is -0.121. The lowest BCUT2D eigenvalue weighted by atomic mass is 9.95. The lowest BCUT2D eigenvalue weighted by Crippen LogP contribution is -2.38. The maximum absolute atomic E-state index is 12.9. The first-order valence-corrected chi connectivity index (χ1v) is 12.3. The number of halogens is 1. The number of phenols is 1. The molecule has 4 aromatic rings. The second kappa shape index (κ2) is 9.58. The summed E-state index contributed by atoms with van der Waals surface area (Å²) in [5, 5.41) is 15.9. The van der Waals surface area contributed by atoms with Crippen LogP contribution in [0, 0.1) is 5.92 Å². The first-order chi connectivity index (χ1) is 16.5. The summed E-state index contributed by atoms with van der Waals surface area (Å²) in [5.74, 6) is 0.484. The molecular weight excluding hydrogens is 472 g/mol. The number of carbonyl (C=O) groups excluding carboxylic acids is 1. The Hall–Kier alpha value is -3.20. The molecule has 174 valence electrons. The summed E-state index contributed by atoms with van der Waals surface area (Å²) in [7, 11) is 0. The van der Waals surface area contributed by atoms with Crippen molar-refractivity contribution < 1.29 is 9.90 Å². The Morgan fingerprint density at radius 2 is 1.91 bits per heavy atom. The van der Waals surface area contributed by atoms with Crippen LogP contribution in [0.3, 0.4) is 0 Å². The highest BCUT2D eigenvalue weighted by Crippen LogP contribution is 2.31. The number of piperidine rings is 1. The molecule has 1 fully saturated rings. The molecule has 1 aliphatic rings. The van der Waals surface area contributed by atoms with Crippen molar-refractivity contribution in [2.24, 2.45) is 5.92 Å². The standard InChI is InChI=1S/C25H23ClN4O3S/c26-17-7-5-15(6-8-17)18-14-34-25-22(18)24(33)28-21(29-25)13-30-11-9-16(10-12-30)23(32)27-19-3-1-2-4-20(19)31/h1-8,14,16,31H,9-13H2,(H,27,32)(H,28,29,33). The average molecular weight is 495 g/mol. The maximum atomic E-state index is 12.9. The van der Waals surface area contributed by atoms with Gasteiger partial charge in [0.2, 0.25) is 5.91 Å². The van der Waals surface area contributed by atoms with Crippen LogP contribution in [0.15, 0.2) is 58.7 Å². The van der Waals surface area contributed by atoms with Crippen molar-refractivity contribution in [2.45, 2.75) is 19.4 Å². The van der Waals surface area contributed by atoms with E-state index >= 15 is 0 Å². The van der Waals surface area contributed by atoms with Crippen molar-refractivity contribution in [1.29, 1.82) is 0 Å². The van der Waals surface area contributed by atoms with Crippen LogP contribution in [0.25, 0.3) is 21.3 Å². The smallest absolute Gasteiger partial charge is 0.260 e. The van der Waals surface area contributed by atoms with E-state index in [1.165, 1.54) is 11.3 Å². The van der Waals surface area contributed by atoms with E-state index in [1.54, 1.807) is 24.3 Å². The number of likely N-dealkylation sites (tertiary alicyclic amines) is 1. The fraction of sp³-hybridized carbons (Fsp3) is 0.240. The number of benzene rings is 2. The number of H-pyrrole nitrogens is 1. The van der Waals surface area contributed by atoms with E-state index < -0.39 is 0 Å². The molecule has 0 unspecified atom stereocenters. The van der Waals surface area contributed by atoms with Gasteiger partial charge in [-0.25, -0.2) is 4.98 Å². The summed E-state index contributed by atoms with van der Waals surface area (Å²) in [6.45, 7) is 1.97. The van der Waals surface area contributed by atoms with Crippen LogP contribution in [0.4, 0.5) is 5.69 Å². The highest BCUT2D eigenvalue weighted by Gasteiger charge is 2.26. The number of phenolic OH excluding ortho intramolecular Hbond substituents is 1. The molecule has 5 rings (SSSR count). The van der Waals surface area contributed by atoms with Crippen LogP contribution in [-0.4, -0.2) is 39.0 Å². The van der Waals surface area contributed by atoms with Gasteiger partial charge in [-0.2, -0.15) is 0 Å². The van der Waals surface area contributed by atoms with Crippen molar-refractivity contribution in [3.05, 3.63) is 75.1 Å². The molecule has 9 heteroatoms. The molecule has 0 saturated carbocycles. The van der Waals surface area contributed by atoms with Gasteiger partial charge in [0.05, 0.1) is 17.6 Å². The molecule has 0 aliphatic carbocycles. The Balaban J connectivity index is 1.24. The third kappa shape index (κ3) is 4.70. The number of nitrogens with zero attached hydrogens (tertiary/aromatic N) is 2. The van der Waals surface area contributed by atoms with E-state index in [9.17, 15) is 14.7 Å². The van der Waals surface area contributed by atoms with Crippen LogP contribution in [-0.2, 0) is 11.3 Å². The lowest BCUT2D eigenvalue weighted by Gasteiger charge is -2.30. The number of carbonyl (C=O) groups is 1. The minimum absolute atomic E-state index is 0.0616. The molecule has 1 saturated heterocycles. The Labute approximate surface area is 205 Å². The van der Waals surface area contributed by atoms with Gasteiger partial charge in [-0.15, -0.1) is 11.3 Å². The van der Waals surface area contributed by atoms with E-state index in [0.717, 1.165) is 24.2 Å². The second-order valence-corrected chi connectivity index (χ2v) is 9.70. The SMILES string of the molecule is O=C(Nc1ccccc1O)C1CCN(Cc2nc3scc(-c4ccc(Cl)cc4)c3c(=O)[nH]2)CC1. The third-order valence-corrected chi connectivity index (χ3v) is 7.27. The van der Waals surface area contributed by atoms with Crippen LogP contribution in [0.1, 0.15) is 18.7 Å². The average Bonchev–Trinajstić information content (AvgIpc) is 3.26. The summed E-state index contributed by atoms with van der Waals surface area (Å²) < 4.78 is 0. The van der Waals surface area contributed by atoms with Gasteiger partial charge in [-0.1, -0.05) is 35.9 Å². The molecule has 34 heavy (non-hydrogen) atoms. The zero-order valence-electron chi connectivity index (χ0n) is 18.3. The number of para-hydroxylation sites is 2. The molecule has 3 N–H and O–H groups in total. The van der Waals surface area contributed by atoms with Crippen molar-refractivity contribution >= 4 is 44.7 Å². The number of thiophene rings is 1. The molecule has 2 aromatic carbocycles.